The van der Waals surface area contributed by atoms with Crippen molar-refractivity contribution in [1.29, 1.82) is 0 Å². The molecule has 0 aliphatic carbocycles. The van der Waals surface area contributed by atoms with Gasteiger partial charge >= 0.3 is 0 Å². The first-order valence-corrected chi connectivity index (χ1v) is 6.74. The molecule has 0 fully saturated rings. The van der Waals surface area contributed by atoms with Gasteiger partial charge in [-0.05, 0) is 34.1 Å². The van der Waals surface area contributed by atoms with Crippen LogP contribution >= 0.6 is 27.3 Å². The first kappa shape index (κ1) is 15.3. The Bertz CT molecular complexity index is 420. The highest BCUT2D eigenvalue weighted by Crippen LogP contribution is 2.22. The Morgan fingerprint density at radius 3 is 2.39 bits per heavy atom. The van der Waals surface area contributed by atoms with Gasteiger partial charge in [0.05, 0.1) is 23.6 Å². The number of rotatable bonds is 6. The number of halogens is 1. The minimum atomic E-state index is -1.39. The molecule has 1 rings (SSSR count). The molecule has 0 aliphatic heterocycles. The van der Waals surface area contributed by atoms with E-state index in [1.165, 1.54) is 17.4 Å². The summed E-state index contributed by atoms with van der Waals surface area (Å²) in [4.78, 5) is 12.5. The lowest BCUT2D eigenvalue weighted by molar-refractivity contribution is -0.120. The fourth-order valence-corrected chi connectivity index (χ4v) is 2.47. The fraction of sp³-hybridized carbons (Fsp3) is 0.364. The quantitative estimate of drug-likeness (QED) is 0.565. The predicted octanol–water partition coefficient (Wildman–Crippen LogP) is 0.356. The summed E-state index contributed by atoms with van der Waals surface area (Å²) >= 11 is 4.77. The van der Waals surface area contributed by atoms with Crippen LogP contribution in [0.15, 0.2) is 22.0 Å². The van der Waals surface area contributed by atoms with Crippen molar-refractivity contribution in [1.82, 2.24) is 5.32 Å². The Kier molecular flexibility index (Phi) is 5.97. The Balaban J connectivity index is 2.63. The summed E-state index contributed by atoms with van der Waals surface area (Å²) in [5, 5.41) is 29.5. The second-order valence-corrected chi connectivity index (χ2v) is 6.21. The number of amides is 1. The molecule has 0 spiro atoms. The third-order valence-corrected chi connectivity index (χ3v) is 3.88. The number of aliphatic hydroxyl groups is 3. The second kappa shape index (κ2) is 7.01. The van der Waals surface area contributed by atoms with Gasteiger partial charge in [0.25, 0.3) is 0 Å². The minimum absolute atomic E-state index is 0.489. The Morgan fingerprint density at radius 2 is 1.94 bits per heavy atom. The predicted molar refractivity (Wildman–Crippen MR) is 73.2 cm³/mol. The van der Waals surface area contributed by atoms with E-state index in [-0.39, 0.29) is 0 Å². The third kappa shape index (κ3) is 4.18. The lowest BCUT2D eigenvalue weighted by atomic mass is 10.0. The highest BCUT2D eigenvalue weighted by atomic mass is 79.9. The Labute approximate surface area is 117 Å². The molecule has 0 radical (unpaired) electrons. The number of carbonyl (C=O) groups excluding carboxylic acids is 1. The summed E-state index contributed by atoms with van der Waals surface area (Å²) < 4.78 is 0.956. The van der Waals surface area contributed by atoms with Crippen LogP contribution < -0.4 is 5.32 Å². The Morgan fingerprint density at radius 1 is 1.33 bits per heavy atom. The molecule has 1 aromatic rings. The van der Waals surface area contributed by atoms with Gasteiger partial charge in [0, 0.05) is 11.0 Å². The van der Waals surface area contributed by atoms with Gasteiger partial charge in [-0.3, -0.25) is 4.79 Å². The van der Waals surface area contributed by atoms with Crippen molar-refractivity contribution in [2.24, 2.45) is 0 Å². The molecule has 0 unspecified atom stereocenters. The molecule has 0 saturated carbocycles. The zero-order chi connectivity index (χ0) is 13.6. The van der Waals surface area contributed by atoms with E-state index in [2.05, 4.69) is 21.2 Å². The molecule has 4 N–H and O–H groups in total. The zero-order valence-electron chi connectivity index (χ0n) is 9.47. The van der Waals surface area contributed by atoms with Crippen molar-refractivity contribution in [3.8, 4) is 0 Å². The average molecular weight is 336 g/mol. The van der Waals surface area contributed by atoms with Gasteiger partial charge in [0.2, 0.25) is 5.91 Å². The van der Waals surface area contributed by atoms with Gasteiger partial charge in [0.15, 0.2) is 0 Å². The molecule has 0 saturated heterocycles. The van der Waals surface area contributed by atoms with Gasteiger partial charge in [0.1, 0.15) is 5.54 Å². The van der Waals surface area contributed by atoms with Crippen LogP contribution in [-0.2, 0) is 4.79 Å². The van der Waals surface area contributed by atoms with Gasteiger partial charge in [-0.25, -0.2) is 0 Å². The molecule has 0 atom stereocenters. The molecular formula is C11H14BrNO4S. The van der Waals surface area contributed by atoms with E-state index < -0.39 is 31.3 Å². The first-order valence-electron chi connectivity index (χ1n) is 5.13. The highest BCUT2D eigenvalue weighted by molar-refractivity contribution is 9.11. The summed E-state index contributed by atoms with van der Waals surface area (Å²) in [5.74, 6) is -0.489. The lowest BCUT2D eigenvalue weighted by Gasteiger charge is -2.27. The summed E-state index contributed by atoms with van der Waals surface area (Å²) in [6.45, 7) is -1.61. The van der Waals surface area contributed by atoms with E-state index in [1.807, 2.05) is 12.1 Å². The molecular weight excluding hydrogens is 322 g/mol. The molecule has 0 aromatic carbocycles. The van der Waals surface area contributed by atoms with E-state index >= 15 is 0 Å². The van der Waals surface area contributed by atoms with Crippen molar-refractivity contribution in [2.75, 3.05) is 19.8 Å². The van der Waals surface area contributed by atoms with Crippen molar-refractivity contribution in [3.05, 3.63) is 26.9 Å². The molecule has 0 bridgehead atoms. The number of aliphatic hydroxyl groups excluding tert-OH is 3. The van der Waals surface area contributed by atoms with E-state index in [0.29, 0.717) is 0 Å². The highest BCUT2D eigenvalue weighted by Gasteiger charge is 2.29. The summed E-state index contributed by atoms with van der Waals surface area (Å²) in [6, 6.07) is 3.71. The van der Waals surface area contributed by atoms with Gasteiger partial charge < -0.3 is 20.6 Å². The minimum Gasteiger partial charge on any atom is -0.394 e. The fourth-order valence-electron chi connectivity index (χ4n) is 1.15. The van der Waals surface area contributed by atoms with Crippen molar-refractivity contribution in [2.45, 2.75) is 5.54 Å². The molecule has 1 heterocycles. The standard InChI is InChI=1S/C11H14BrNO4S/c12-9-3-1-8(18-9)2-4-10(17)13-11(5-14,6-15)7-16/h1-4,14-16H,5-7H2,(H,13,17)/b4-2+. The van der Waals surface area contributed by atoms with E-state index in [4.69, 9.17) is 15.3 Å². The molecule has 1 amide bonds. The number of thiophene rings is 1. The maximum atomic E-state index is 11.6. The number of nitrogens with one attached hydrogen (secondary N) is 1. The maximum absolute atomic E-state index is 11.6. The van der Waals surface area contributed by atoms with Gasteiger partial charge in [-0.2, -0.15) is 0 Å². The summed E-state index contributed by atoms with van der Waals surface area (Å²) in [6.07, 6.45) is 2.90. The van der Waals surface area contributed by atoms with Crippen molar-refractivity contribution in [3.63, 3.8) is 0 Å². The Hall–Kier alpha value is -0.730. The van der Waals surface area contributed by atoms with Gasteiger partial charge in [-0.1, -0.05) is 0 Å². The SMILES string of the molecule is O=C(/C=C/c1ccc(Br)s1)NC(CO)(CO)CO. The first-order chi connectivity index (χ1) is 8.55. The van der Waals surface area contributed by atoms with Crippen molar-refractivity contribution >= 4 is 39.2 Å². The molecule has 1 aromatic heterocycles. The van der Waals surface area contributed by atoms with Crippen molar-refractivity contribution < 1.29 is 20.1 Å². The molecule has 18 heavy (non-hydrogen) atoms. The molecule has 7 heteroatoms. The largest absolute Gasteiger partial charge is 0.394 e. The number of hydrogen-bond donors (Lipinski definition) is 4. The summed E-state index contributed by atoms with van der Waals surface area (Å²) in [7, 11) is 0. The normalized spacial score (nSPS) is 12.0. The number of carbonyl (C=O) groups is 1. The lowest BCUT2D eigenvalue weighted by Crippen LogP contribution is -2.56. The molecule has 5 nitrogen and oxygen atoms in total. The van der Waals surface area contributed by atoms with Crippen LogP contribution in [0, 0.1) is 0 Å². The number of hydrogen-bond acceptors (Lipinski definition) is 5. The van der Waals surface area contributed by atoms with Gasteiger partial charge in [-0.15, -0.1) is 11.3 Å². The topological polar surface area (TPSA) is 89.8 Å². The van der Waals surface area contributed by atoms with Crippen LogP contribution in [0.4, 0.5) is 0 Å². The summed E-state index contributed by atoms with van der Waals surface area (Å²) in [5.41, 5.74) is -1.39. The van der Waals surface area contributed by atoms with Crippen LogP contribution in [0.2, 0.25) is 0 Å². The molecule has 0 aliphatic rings. The van der Waals surface area contributed by atoms with Crippen LogP contribution in [0.5, 0.6) is 0 Å². The second-order valence-electron chi connectivity index (χ2n) is 3.72. The van der Waals surface area contributed by atoms with E-state index in [0.717, 1.165) is 8.66 Å². The third-order valence-electron chi connectivity index (χ3n) is 2.29. The maximum Gasteiger partial charge on any atom is 0.244 e. The van der Waals surface area contributed by atoms with Crippen LogP contribution in [0.25, 0.3) is 6.08 Å². The van der Waals surface area contributed by atoms with Crippen LogP contribution in [0.3, 0.4) is 0 Å². The van der Waals surface area contributed by atoms with E-state index in [1.54, 1.807) is 6.08 Å². The monoisotopic (exact) mass is 335 g/mol. The van der Waals surface area contributed by atoms with Crippen LogP contribution in [-0.4, -0.2) is 46.6 Å². The van der Waals surface area contributed by atoms with E-state index in [9.17, 15) is 4.79 Å². The molecule has 100 valence electrons. The average Bonchev–Trinajstić information content (AvgIpc) is 2.80. The van der Waals surface area contributed by atoms with Crippen LogP contribution in [0.1, 0.15) is 4.88 Å². The smallest absolute Gasteiger partial charge is 0.244 e. The zero-order valence-corrected chi connectivity index (χ0v) is 11.9.